The molecule has 1 saturated heterocycles. The van der Waals surface area contributed by atoms with E-state index in [4.69, 9.17) is 9.15 Å². The number of morpholine rings is 1. The Kier molecular flexibility index (Phi) is 5.42. The van der Waals surface area contributed by atoms with Crippen molar-refractivity contribution < 1.29 is 13.9 Å². The maximum absolute atomic E-state index is 12.1. The molecule has 0 unspecified atom stereocenters. The fraction of sp³-hybridized carbons (Fsp3) is 0.273. The van der Waals surface area contributed by atoms with E-state index < -0.39 is 0 Å². The summed E-state index contributed by atoms with van der Waals surface area (Å²) in [5, 5.41) is 13.1. The molecule has 0 bridgehead atoms. The zero-order valence-electron chi connectivity index (χ0n) is 17.6. The fourth-order valence-electron chi connectivity index (χ4n) is 3.64. The summed E-state index contributed by atoms with van der Waals surface area (Å²) >= 11 is 0. The van der Waals surface area contributed by atoms with E-state index in [1.54, 1.807) is 13.1 Å². The van der Waals surface area contributed by atoms with Crippen LogP contribution in [0, 0.1) is 0 Å². The minimum atomic E-state index is -0.316. The van der Waals surface area contributed by atoms with Crippen molar-refractivity contribution in [2.75, 3.05) is 43.6 Å². The van der Waals surface area contributed by atoms with Gasteiger partial charge in [-0.15, -0.1) is 0 Å². The number of nitrogens with one attached hydrogen (secondary N) is 3. The summed E-state index contributed by atoms with van der Waals surface area (Å²) in [6.45, 7) is 2.54. The summed E-state index contributed by atoms with van der Waals surface area (Å²) in [6.07, 6.45) is 0.742. The first-order valence-electron chi connectivity index (χ1n) is 10.4. The normalized spacial score (nSPS) is 14.0. The first-order valence-corrected chi connectivity index (χ1v) is 10.4. The number of nitrogens with zero attached hydrogens (tertiary/aromatic N) is 4. The highest BCUT2D eigenvalue weighted by molar-refractivity contribution is 5.97. The lowest BCUT2D eigenvalue weighted by atomic mass is 10.1. The average Bonchev–Trinajstić information content (AvgIpc) is 3.46. The Morgan fingerprint density at radius 2 is 1.97 bits per heavy atom. The van der Waals surface area contributed by atoms with Gasteiger partial charge in [-0.3, -0.25) is 9.89 Å². The van der Waals surface area contributed by atoms with E-state index in [-0.39, 0.29) is 11.7 Å². The van der Waals surface area contributed by atoms with Crippen molar-refractivity contribution in [1.29, 1.82) is 0 Å². The van der Waals surface area contributed by atoms with E-state index in [0.717, 1.165) is 12.1 Å². The number of benzene rings is 1. The van der Waals surface area contributed by atoms with E-state index >= 15 is 0 Å². The molecular weight excluding hydrogens is 410 g/mol. The van der Waals surface area contributed by atoms with Gasteiger partial charge in [0.25, 0.3) is 5.91 Å². The van der Waals surface area contributed by atoms with Crippen LogP contribution in [0.5, 0.6) is 0 Å². The van der Waals surface area contributed by atoms with Gasteiger partial charge < -0.3 is 24.7 Å². The van der Waals surface area contributed by atoms with E-state index in [1.807, 2.05) is 24.3 Å². The van der Waals surface area contributed by atoms with Crippen molar-refractivity contribution >= 4 is 34.6 Å². The molecule has 5 rings (SSSR count). The van der Waals surface area contributed by atoms with E-state index in [0.29, 0.717) is 55.0 Å². The van der Waals surface area contributed by atoms with Crippen LogP contribution in [0.2, 0.25) is 0 Å². The Bertz CT molecular complexity index is 1230. The standard InChI is InChI=1S/C22H23N7O3/c1-23-21(30)17-13-16-19(32-17)20(29-7-9-31-10-8-29)26-22(24-16)25-18-12-15(27-28-18)11-14-5-3-2-4-6-14/h2-6,12-13H,7-11H2,1H3,(H,23,30)(H2,24,25,26,27,28). The number of aromatic nitrogens is 4. The van der Waals surface area contributed by atoms with Crippen molar-refractivity contribution in [3.63, 3.8) is 0 Å². The van der Waals surface area contributed by atoms with Gasteiger partial charge in [0, 0.05) is 44.4 Å². The van der Waals surface area contributed by atoms with Gasteiger partial charge in [0.1, 0.15) is 5.52 Å². The molecule has 0 atom stereocenters. The molecule has 0 saturated carbocycles. The maximum Gasteiger partial charge on any atom is 0.286 e. The molecule has 0 spiro atoms. The van der Waals surface area contributed by atoms with Gasteiger partial charge in [-0.25, -0.2) is 4.98 Å². The van der Waals surface area contributed by atoms with Crippen molar-refractivity contribution in [2.45, 2.75) is 6.42 Å². The number of anilines is 3. The van der Waals surface area contributed by atoms with Gasteiger partial charge in [-0.1, -0.05) is 30.3 Å². The van der Waals surface area contributed by atoms with Gasteiger partial charge >= 0.3 is 0 Å². The van der Waals surface area contributed by atoms with Crippen LogP contribution >= 0.6 is 0 Å². The highest BCUT2D eigenvalue weighted by Gasteiger charge is 2.22. The molecule has 10 nitrogen and oxygen atoms in total. The lowest BCUT2D eigenvalue weighted by Crippen LogP contribution is -2.37. The second-order valence-corrected chi connectivity index (χ2v) is 7.44. The Morgan fingerprint density at radius 1 is 1.16 bits per heavy atom. The molecule has 4 aromatic rings. The predicted molar refractivity (Wildman–Crippen MR) is 119 cm³/mol. The number of furan rings is 1. The second-order valence-electron chi connectivity index (χ2n) is 7.44. The number of fused-ring (bicyclic) bond motifs is 1. The lowest BCUT2D eigenvalue weighted by molar-refractivity contribution is 0.0937. The summed E-state index contributed by atoms with van der Waals surface area (Å²) in [5.41, 5.74) is 3.18. The third-order valence-electron chi connectivity index (χ3n) is 5.22. The van der Waals surface area contributed by atoms with Crippen LogP contribution in [0.15, 0.2) is 46.9 Å². The van der Waals surface area contributed by atoms with Crippen molar-refractivity contribution in [2.24, 2.45) is 0 Å². The van der Waals surface area contributed by atoms with Gasteiger partial charge in [-0.05, 0) is 5.56 Å². The highest BCUT2D eigenvalue weighted by Crippen LogP contribution is 2.30. The predicted octanol–water partition coefficient (Wildman–Crippen LogP) is 2.48. The Balaban J connectivity index is 1.45. The topological polar surface area (TPSA) is 121 Å². The van der Waals surface area contributed by atoms with Crippen molar-refractivity contribution in [3.8, 4) is 0 Å². The highest BCUT2D eigenvalue weighted by atomic mass is 16.5. The SMILES string of the molecule is CNC(=O)c1cc2nc(Nc3cc(Cc4ccccc4)[nH]n3)nc(N3CCOCC3)c2o1. The largest absolute Gasteiger partial charge is 0.445 e. The fourth-order valence-corrected chi connectivity index (χ4v) is 3.64. The van der Waals surface area contributed by atoms with Crippen LogP contribution in [0.1, 0.15) is 21.8 Å². The average molecular weight is 433 g/mol. The van der Waals surface area contributed by atoms with Crippen LogP contribution < -0.4 is 15.5 Å². The third kappa shape index (κ3) is 4.12. The third-order valence-corrected chi connectivity index (χ3v) is 5.22. The maximum atomic E-state index is 12.1. The Morgan fingerprint density at radius 3 is 2.75 bits per heavy atom. The summed E-state index contributed by atoms with van der Waals surface area (Å²) in [7, 11) is 1.56. The molecule has 0 radical (unpaired) electrons. The van der Waals surface area contributed by atoms with Gasteiger partial charge in [0.2, 0.25) is 5.95 Å². The first kappa shape index (κ1) is 20.0. The summed E-state index contributed by atoms with van der Waals surface area (Å²) in [4.78, 5) is 23.4. The minimum absolute atomic E-state index is 0.188. The molecule has 1 aliphatic heterocycles. The second kappa shape index (κ2) is 8.67. The van der Waals surface area contributed by atoms with Crippen LogP contribution in [-0.2, 0) is 11.2 Å². The number of aromatic amines is 1. The number of ether oxygens (including phenoxy) is 1. The van der Waals surface area contributed by atoms with E-state index in [9.17, 15) is 4.79 Å². The Labute approximate surface area is 184 Å². The molecule has 32 heavy (non-hydrogen) atoms. The zero-order chi connectivity index (χ0) is 21.9. The van der Waals surface area contributed by atoms with Crippen LogP contribution in [0.3, 0.4) is 0 Å². The van der Waals surface area contributed by atoms with Gasteiger partial charge in [0.15, 0.2) is 23.0 Å². The molecule has 10 heteroatoms. The summed E-state index contributed by atoms with van der Waals surface area (Å²) < 4.78 is 11.3. The first-order chi connectivity index (χ1) is 15.7. The van der Waals surface area contributed by atoms with E-state index in [2.05, 4.69) is 47.8 Å². The molecule has 1 amide bonds. The van der Waals surface area contributed by atoms with E-state index in [1.165, 1.54) is 5.56 Å². The number of rotatable bonds is 6. The molecule has 164 valence electrons. The van der Waals surface area contributed by atoms with Crippen LogP contribution in [0.4, 0.5) is 17.6 Å². The van der Waals surface area contributed by atoms with Crippen molar-refractivity contribution in [3.05, 3.63) is 59.5 Å². The molecule has 3 aromatic heterocycles. The number of hydrogen-bond donors (Lipinski definition) is 3. The molecule has 1 fully saturated rings. The molecule has 4 heterocycles. The zero-order valence-corrected chi connectivity index (χ0v) is 17.6. The minimum Gasteiger partial charge on any atom is -0.445 e. The quantitative estimate of drug-likeness (QED) is 0.424. The van der Waals surface area contributed by atoms with Gasteiger partial charge in [0.05, 0.1) is 13.2 Å². The molecule has 1 aromatic carbocycles. The lowest BCUT2D eigenvalue weighted by Gasteiger charge is -2.27. The molecule has 3 N–H and O–H groups in total. The summed E-state index contributed by atoms with van der Waals surface area (Å²) in [5.74, 6) is 1.48. The number of carbonyl (C=O) groups excluding carboxylic acids is 1. The van der Waals surface area contributed by atoms with Crippen molar-refractivity contribution in [1.82, 2.24) is 25.5 Å². The van der Waals surface area contributed by atoms with Gasteiger partial charge in [-0.2, -0.15) is 10.1 Å². The van der Waals surface area contributed by atoms with Crippen LogP contribution in [0.25, 0.3) is 11.1 Å². The number of carbonyl (C=O) groups is 1. The number of H-pyrrole nitrogens is 1. The molecule has 0 aliphatic carbocycles. The molecule has 1 aliphatic rings. The summed E-state index contributed by atoms with van der Waals surface area (Å²) in [6, 6.07) is 13.7. The monoisotopic (exact) mass is 433 g/mol. The smallest absolute Gasteiger partial charge is 0.286 e. The number of hydrogen-bond acceptors (Lipinski definition) is 8. The Hall–Kier alpha value is -3.92. The van der Waals surface area contributed by atoms with Crippen LogP contribution in [-0.4, -0.2) is 59.4 Å². The molecular formula is C22H23N7O3. The number of amides is 1.